The van der Waals surface area contributed by atoms with Gasteiger partial charge in [-0.1, -0.05) is 18.2 Å². The molecule has 2 aromatic carbocycles. The van der Waals surface area contributed by atoms with Crippen LogP contribution in [0.1, 0.15) is 6.42 Å². The third kappa shape index (κ3) is 4.53. The molecule has 0 saturated heterocycles. The molecule has 1 aromatic heterocycles. The van der Waals surface area contributed by atoms with Gasteiger partial charge >= 0.3 is 6.36 Å². The number of para-hydroxylation sites is 1. The monoisotopic (exact) mass is 348 g/mol. The summed E-state index contributed by atoms with van der Waals surface area (Å²) in [6.07, 6.45) is -2.56. The van der Waals surface area contributed by atoms with Gasteiger partial charge in [0.25, 0.3) is 0 Å². The first kappa shape index (κ1) is 16.9. The van der Waals surface area contributed by atoms with Crippen molar-refractivity contribution in [2.75, 3.05) is 5.32 Å². The van der Waals surface area contributed by atoms with E-state index >= 15 is 0 Å². The van der Waals surface area contributed by atoms with Crippen LogP contribution in [0.4, 0.5) is 18.9 Å². The number of aromatic nitrogens is 1. The molecule has 0 aliphatic rings. The molecule has 1 heterocycles. The van der Waals surface area contributed by atoms with E-state index in [0.717, 1.165) is 23.0 Å². The summed E-state index contributed by atoms with van der Waals surface area (Å²) < 4.78 is 42.1. The number of hydrogen-bond donors (Lipinski definition) is 1. The molecule has 0 aliphatic carbocycles. The Bertz CT molecular complexity index is 870. The average molecular weight is 348 g/mol. The summed E-state index contributed by atoms with van der Waals surface area (Å²) in [5, 5.41) is 3.75. The molecule has 130 valence electrons. The van der Waals surface area contributed by atoms with E-state index in [1.54, 1.807) is 0 Å². The van der Waals surface area contributed by atoms with Crippen molar-refractivity contribution in [3.63, 3.8) is 0 Å². The van der Waals surface area contributed by atoms with Crippen LogP contribution in [-0.2, 0) is 11.3 Å². The molecular formula is C18H15F3N2O2. The highest BCUT2D eigenvalue weighted by atomic mass is 19.4. The Morgan fingerprint density at radius 3 is 2.48 bits per heavy atom. The molecule has 1 N–H and O–H groups in total. The smallest absolute Gasteiger partial charge is 0.406 e. The summed E-state index contributed by atoms with van der Waals surface area (Å²) in [4.78, 5) is 12.0. The molecule has 0 fully saturated rings. The molecule has 1 amide bonds. The fourth-order valence-electron chi connectivity index (χ4n) is 2.52. The Balaban J connectivity index is 1.56. The highest BCUT2D eigenvalue weighted by Crippen LogP contribution is 2.24. The van der Waals surface area contributed by atoms with Crippen molar-refractivity contribution in [2.24, 2.45) is 0 Å². The van der Waals surface area contributed by atoms with Gasteiger partial charge in [-0.15, -0.1) is 13.2 Å². The predicted octanol–water partition coefficient (Wildman–Crippen LogP) is 4.57. The zero-order chi connectivity index (χ0) is 17.9. The maximum Gasteiger partial charge on any atom is 0.573 e. The number of hydrogen-bond acceptors (Lipinski definition) is 2. The first-order valence-electron chi connectivity index (χ1n) is 7.60. The van der Waals surface area contributed by atoms with Crippen molar-refractivity contribution in [3.8, 4) is 5.75 Å². The molecule has 25 heavy (non-hydrogen) atoms. The number of fused-ring (bicyclic) bond motifs is 1. The number of benzene rings is 2. The summed E-state index contributed by atoms with van der Waals surface area (Å²) in [6.45, 7) is 0.509. The van der Waals surface area contributed by atoms with Crippen molar-refractivity contribution in [3.05, 3.63) is 60.8 Å². The van der Waals surface area contributed by atoms with E-state index in [0.29, 0.717) is 12.2 Å². The topological polar surface area (TPSA) is 43.3 Å². The number of carbonyl (C=O) groups is 1. The van der Waals surface area contributed by atoms with Gasteiger partial charge in [0.15, 0.2) is 0 Å². The number of nitrogens with zero attached hydrogens (tertiary/aromatic N) is 1. The summed E-state index contributed by atoms with van der Waals surface area (Å²) >= 11 is 0. The lowest BCUT2D eigenvalue weighted by atomic mass is 10.2. The van der Waals surface area contributed by atoms with Crippen LogP contribution in [0.5, 0.6) is 5.75 Å². The van der Waals surface area contributed by atoms with E-state index in [4.69, 9.17) is 0 Å². The Morgan fingerprint density at radius 2 is 1.76 bits per heavy atom. The van der Waals surface area contributed by atoms with Gasteiger partial charge in [0.05, 0.1) is 0 Å². The fraction of sp³-hybridized carbons (Fsp3) is 0.167. The minimum absolute atomic E-state index is 0.220. The number of aryl methyl sites for hydroxylation is 1. The van der Waals surface area contributed by atoms with Gasteiger partial charge in [-0.2, -0.15) is 0 Å². The molecule has 3 rings (SSSR count). The molecular weight excluding hydrogens is 333 g/mol. The Morgan fingerprint density at radius 1 is 1.04 bits per heavy atom. The first-order valence-corrected chi connectivity index (χ1v) is 7.60. The van der Waals surface area contributed by atoms with Gasteiger partial charge < -0.3 is 14.6 Å². The van der Waals surface area contributed by atoms with Gasteiger partial charge in [0.1, 0.15) is 5.75 Å². The molecule has 0 spiro atoms. The lowest BCUT2D eigenvalue weighted by molar-refractivity contribution is -0.274. The summed E-state index contributed by atoms with van der Waals surface area (Å²) in [7, 11) is 0. The number of halogens is 3. The third-order valence-electron chi connectivity index (χ3n) is 3.63. The summed E-state index contributed by atoms with van der Waals surface area (Å²) in [5.41, 5.74) is 1.46. The highest BCUT2D eigenvalue weighted by molar-refractivity contribution is 5.90. The van der Waals surface area contributed by atoms with E-state index < -0.39 is 6.36 Å². The largest absolute Gasteiger partial charge is 0.573 e. The number of carbonyl (C=O) groups excluding carboxylic acids is 1. The van der Waals surface area contributed by atoms with Crippen LogP contribution in [0.3, 0.4) is 0 Å². The van der Waals surface area contributed by atoms with Crippen molar-refractivity contribution < 1.29 is 22.7 Å². The minimum Gasteiger partial charge on any atom is -0.406 e. The van der Waals surface area contributed by atoms with Gasteiger partial charge in [-0.3, -0.25) is 4.79 Å². The molecule has 0 bridgehead atoms. The minimum atomic E-state index is -4.73. The van der Waals surface area contributed by atoms with Crippen LogP contribution in [0.2, 0.25) is 0 Å². The van der Waals surface area contributed by atoms with Crippen LogP contribution in [0.15, 0.2) is 60.8 Å². The fourth-order valence-corrected chi connectivity index (χ4v) is 2.52. The maximum absolute atomic E-state index is 12.1. The van der Waals surface area contributed by atoms with E-state index in [2.05, 4.69) is 10.1 Å². The second-order valence-electron chi connectivity index (χ2n) is 5.44. The van der Waals surface area contributed by atoms with E-state index in [1.807, 2.05) is 41.1 Å². The molecule has 4 nitrogen and oxygen atoms in total. The number of alkyl halides is 3. The van der Waals surface area contributed by atoms with Gasteiger partial charge in [0, 0.05) is 30.4 Å². The average Bonchev–Trinajstić information content (AvgIpc) is 2.97. The van der Waals surface area contributed by atoms with Crippen LogP contribution in [0, 0.1) is 0 Å². The molecule has 0 saturated carbocycles. The zero-order valence-electron chi connectivity index (χ0n) is 13.1. The molecule has 7 heteroatoms. The Labute approximate surface area is 141 Å². The van der Waals surface area contributed by atoms with Gasteiger partial charge in [0.2, 0.25) is 5.91 Å². The SMILES string of the molecule is O=C(CCn1ccc2ccccc21)Nc1ccc(OC(F)(F)F)cc1. The van der Waals surface area contributed by atoms with Crippen molar-refractivity contribution >= 4 is 22.5 Å². The van der Waals surface area contributed by atoms with E-state index in [-0.39, 0.29) is 18.1 Å². The maximum atomic E-state index is 12.1. The molecule has 3 aromatic rings. The van der Waals surface area contributed by atoms with Crippen LogP contribution < -0.4 is 10.1 Å². The highest BCUT2D eigenvalue weighted by Gasteiger charge is 2.30. The molecule has 0 atom stereocenters. The molecule has 0 aliphatic heterocycles. The van der Waals surface area contributed by atoms with E-state index in [1.165, 1.54) is 12.1 Å². The standard InChI is InChI=1S/C18H15F3N2O2/c19-18(20,21)25-15-7-5-14(6-8-15)22-17(24)10-12-23-11-9-13-3-1-2-4-16(13)23/h1-9,11H,10,12H2,(H,22,24). The van der Waals surface area contributed by atoms with Crippen LogP contribution in [0.25, 0.3) is 10.9 Å². The van der Waals surface area contributed by atoms with Gasteiger partial charge in [-0.25, -0.2) is 0 Å². The van der Waals surface area contributed by atoms with Crippen LogP contribution in [-0.4, -0.2) is 16.8 Å². The molecule has 0 radical (unpaired) electrons. The van der Waals surface area contributed by atoms with Gasteiger partial charge in [-0.05, 0) is 41.8 Å². The van der Waals surface area contributed by atoms with Crippen molar-refractivity contribution in [1.29, 1.82) is 0 Å². The lowest BCUT2D eigenvalue weighted by Crippen LogP contribution is -2.17. The molecule has 0 unspecified atom stereocenters. The van der Waals surface area contributed by atoms with Crippen molar-refractivity contribution in [2.45, 2.75) is 19.3 Å². The van der Waals surface area contributed by atoms with E-state index in [9.17, 15) is 18.0 Å². The quantitative estimate of drug-likeness (QED) is 0.734. The lowest BCUT2D eigenvalue weighted by Gasteiger charge is -2.10. The second-order valence-corrected chi connectivity index (χ2v) is 5.44. The normalized spacial score (nSPS) is 11.5. The Hall–Kier alpha value is -2.96. The summed E-state index contributed by atoms with van der Waals surface area (Å²) in [5.74, 6) is -0.549. The number of ether oxygens (including phenoxy) is 1. The van der Waals surface area contributed by atoms with Crippen molar-refractivity contribution in [1.82, 2.24) is 4.57 Å². The second kappa shape index (κ2) is 6.88. The van der Waals surface area contributed by atoms with Crippen LogP contribution >= 0.6 is 0 Å². The first-order chi connectivity index (χ1) is 11.9. The third-order valence-corrected chi connectivity index (χ3v) is 3.63. The Kier molecular flexibility index (Phi) is 4.65. The predicted molar refractivity (Wildman–Crippen MR) is 88.3 cm³/mol. The summed E-state index contributed by atoms with van der Waals surface area (Å²) in [6, 6.07) is 14.9. The number of anilines is 1. The number of amides is 1. The number of nitrogens with one attached hydrogen (secondary N) is 1. The zero-order valence-corrected chi connectivity index (χ0v) is 13.1. The number of rotatable bonds is 5.